The lowest BCUT2D eigenvalue weighted by Crippen LogP contribution is -2.24. The van der Waals surface area contributed by atoms with Gasteiger partial charge in [-0.05, 0) is 57.8 Å². The van der Waals surface area contributed by atoms with Gasteiger partial charge in [0.25, 0.3) is 0 Å². The third-order valence-electron chi connectivity index (χ3n) is 4.30. The number of benzene rings is 2. The molecule has 0 saturated heterocycles. The van der Waals surface area contributed by atoms with Gasteiger partial charge in [-0.25, -0.2) is 4.79 Å². The molecule has 0 unspecified atom stereocenters. The van der Waals surface area contributed by atoms with E-state index < -0.39 is 6.09 Å². The predicted octanol–water partition coefficient (Wildman–Crippen LogP) is 2.61. The van der Waals surface area contributed by atoms with E-state index in [0.717, 1.165) is 11.6 Å². The summed E-state index contributed by atoms with van der Waals surface area (Å²) in [6.45, 7) is 2.43. The summed E-state index contributed by atoms with van der Waals surface area (Å²) in [6.07, 6.45) is 10.7. The van der Waals surface area contributed by atoms with Crippen LogP contribution in [0.3, 0.4) is 0 Å². The maximum atomic E-state index is 11.6. The van der Waals surface area contributed by atoms with Crippen molar-refractivity contribution in [3.8, 4) is 0 Å². The van der Waals surface area contributed by atoms with Crippen molar-refractivity contribution in [3.63, 3.8) is 0 Å². The summed E-state index contributed by atoms with van der Waals surface area (Å²) in [5, 5.41) is 7.58. The second-order valence-corrected chi connectivity index (χ2v) is 5.70. The lowest BCUT2D eigenvalue weighted by molar-refractivity contribution is 0.181. The summed E-state index contributed by atoms with van der Waals surface area (Å²) in [4.78, 5) is 11.6. The Bertz CT molecular complexity index is 996. The largest absolute Gasteiger partial charge is 0.412 e. The molecule has 1 amide bonds. The first kappa shape index (κ1) is 13.8. The molecule has 0 heterocycles. The first-order valence-electron chi connectivity index (χ1n) is 7.87. The molecule has 0 bridgehead atoms. The molecule has 2 aliphatic carbocycles. The van der Waals surface area contributed by atoms with Crippen LogP contribution < -0.4 is 15.8 Å². The molecule has 114 valence electrons. The van der Waals surface area contributed by atoms with Crippen LogP contribution in [0, 0.1) is 0 Å². The maximum Gasteiger partial charge on any atom is 0.412 e. The van der Waals surface area contributed by atoms with Crippen LogP contribution in [0.4, 0.5) is 4.79 Å². The Kier molecular flexibility index (Phi) is 3.27. The molecule has 0 saturated carbocycles. The molecular weight excluding hydrogens is 286 g/mol. The van der Waals surface area contributed by atoms with Gasteiger partial charge in [0.05, 0.1) is 0 Å². The zero-order valence-corrected chi connectivity index (χ0v) is 12.9. The number of nitrogens with one attached hydrogen (secondary N) is 1. The van der Waals surface area contributed by atoms with Gasteiger partial charge in [-0.1, -0.05) is 42.5 Å². The molecule has 0 radical (unpaired) electrons. The number of carbonyl (C=O) groups is 1. The van der Waals surface area contributed by atoms with Crippen molar-refractivity contribution in [1.29, 1.82) is 0 Å². The molecule has 0 fully saturated rings. The van der Waals surface area contributed by atoms with Crippen LogP contribution in [0.1, 0.15) is 18.1 Å². The van der Waals surface area contributed by atoms with Crippen LogP contribution >= 0.6 is 0 Å². The molecule has 3 nitrogen and oxygen atoms in total. The highest BCUT2D eigenvalue weighted by molar-refractivity contribution is 5.96. The minimum Gasteiger partial charge on any atom is -0.411 e. The number of amides is 1. The highest BCUT2D eigenvalue weighted by atomic mass is 16.6. The second-order valence-electron chi connectivity index (χ2n) is 5.70. The summed E-state index contributed by atoms with van der Waals surface area (Å²) in [6, 6.07) is 8.62. The fraction of sp³-hybridized carbons (Fsp3) is 0.150. The predicted molar refractivity (Wildman–Crippen MR) is 93.1 cm³/mol. The van der Waals surface area contributed by atoms with Crippen molar-refractivity contribution < 1.29 is 9.53 Å². The van der Waals surface area contributed by atoms with Crippen molar-refractivity contribution in [2.24, 2.45) is 0 Å². The Morgan fingerprint density at radius 2 is 2.00 bits per heavy atom. The summed E-state index contributed by atoms with van der Waals surface area (Å²) in [5.41, 5.74) is 2.58. The molecule has 0 aromatic heterocycles. The Morgan fingerprint density at radius 1 is 1.17 bits per heavy atom. The van der Waals surface area contributed by atoms with Gasteiger partial charge in [0, 0.05) is 6.54 Å². The smallest absolute Gasteiger partial charge is 0.411 e. The number of alkyl carbamates (subject to hydrolysis) is 1. The summed E-state index contributed by atoms with van der Waals surface area (Å²) >= 11 is 0. The fourth-order valence-electron chi connectivity index (χ4n) is 3.24. The minimum absolute atomic E-state index is 0.405. The van der Waals surface area contributed by atoms with Crippen LogP contribution in [0.2, 0.25) is 0 Å². The van der Waals surface area contributed by atoms with Gasteiger partial charge in [0.15, 0.2) is 0 Å². The zero-order chi connectivity index (χ0) is 15.8. The lowest BCUT2D eigenvalue weighted by atomic mass is 9.94. The van der Waals surface area contributed by atoms with E-state index in [1.54, 1.807) is 0 Å². The monoisotopic (exact) mass is 303 g/mol. The van der Waals surface area contributed by atoms with Crippen LogP contribution in [0.15, 0.2) is 42.2 Å². The third kappa shape index (κ3) is 2.34. The average Bonchev–Trinajstić information content (AvgIpc) is 3.03. The van der Waals surface area contributed by atoms with Crippen LogP contribution in [-0.2, 0) is 11.2 Å². The van der Waals surface area contributed by atoms with Crippen molar-refractivity contribution >= 4 is 35.1 Å². The summed E-state index contributed by atoms with van der Waals surface area (Å²) < 4.78 is 5.31. The molecule has 23 heavy (non-hydrogen) atoms. The molecule has 0 aliphatic heterocycles. The molecule has 2 aromatic carbocycles. The van der Waals surface area contributed by atoms with Crippen molar-refractivity contribution in [3.05, 3.63) is 63.7 Å². The molecule has 0 spiro atoms. The first-order valence-corrected chi connectivity index (χ1v) is 7.87. The van der Waals surface area contributed by atoms with Gasteiger partial charge in [0.1, 0.15) is 5.76 Å². The minimum atomic E-state index is -0.405. The molecule has 3 heteroatoms. The number of allylic oxidation sites excluding steroid dienone is 3. The van der Waals surface area contributed by atoms with E-state index in [9.17, 15) is 4.79 Å². The fourth-order valence-corrected chi connectivity index (χ4v) is 3.24. The van der Waals surface area contributed by atoms with Crippen LogP contribution in [0.5, 0.6) is 0 Å². The SMILES string of the molecule is CCNC(=O)OC1=CCc2c(ccc3c4c(ccc23)=CC=C4)=C1. The Balaban J connectivity index is 1.78. The van der Waals surface area contributed by atoms with E-state index in [-0.39, 0.29) is 0 Å². The Hall–Kier alpha value is -2.81. The number of hydrogen-bond donors (Lipinski definition) is 1. The number of hydrogen-bond acceptors (Lipinski definition) is 2. The molecule has 0 atom stereocenters. The molecule has 1 N–H and O–H groups in total. The standard InChI is InChI=1S/C20H17NO2/c1-2-21-20(22)23-15-8-11-17-14(12-15)7-10-18-16-5-3-4-13(16)6-9-19(17)18/h3-10,12H,2,11H2,1H3,(H,21,22). The van der Waals surface area contributed by atoms with Crippen molar-refractivity contribution in [2.45, 2.75) is 13.3 Å². The maximum absolute atomic E-state index is 11.6. The van der Waals surface area contributed by atoms with Gasteiger partial charge in [-0.3, -0.25) is 0 Å². The number of rotatable bonds is 2. The highest BCUT2D eigenvalue weighted by Crippen LogP contribution is 2.23. The third-order valence-corrected chi connectivity index (χ3v) is 4.30. The average molecular weight is 303 g/mol. The van der Waals surface area contributed by atoms with E-state index in [1.165, 1.54) is 27.1 Å². The van der Waals surface area contributed by atoms with Gasteiger partial charge in [-0.15, -0.1) is 0 Å². The summed E-state index contributed by atoms with van der Waals surface area (Å²) in [5.74, 6) is 0.609. The second kappa shape index (κ2) is 5.43. The topological polar surface area (TPSA) is 38.3 Å². The van der Waals surface area contributed by atoms with Crippen molar-refractivity contribution in [2.75, 3.05) is 6.54 Å². The van der Waals surface area contributed by atoms with E-state index in [1.807, 2.05) is 19.1 Å². The van der Waals surface area contributed by atoms with E-state index >= 15 is 0 Å². The van der Waals surface area contributed by atoms with E-state index in [2.05, 4.69) is 47.8 Å². The number of carbonyl (C=O) groups excluding carboxylic acids is 1. The zero-order valence-electron chi connectivity index (χ0n) is 12.9. The lowest BCUT2D eigenvalue weighted by Gasteiger charge is -2.14. The van der Waals surface area contributed by atoms with Crippen molar-refractivity contribution in [1.82, 2.24) is 5.32 Å². The van der Waals surface area contributed by atoms with Gasteiger partial charge < -0.3 is 10.1 Å². The number of fused-ring (bicyclic) bond motifs is 5. The van der Waals surface area contributed by atoms with Gasteiger partial charge >= 0.3 is 6.09 Å². The van der Waals surface area contributed by atoms with E-state index in [4.69, 9.17) is 4.74 Å². The normalized spacial score (nSPS) is 14.4. The van der Waals surface area contributed by atoms with Crippen LogP contribution in [-0.4, -0.2) is 12.6 Å². The molecule has 2 aromatic rings. The molecular formula is C20H17NO2. The highest BCUT2D eigenvalue weighted by Gasteiger charge is 2.12. The van der Waals surface area contributed by atoms with Gasteiger partial charge in [0.2, 0.25) is 0 Å². The Morgan fingerprint density at radius 3 is 2.87 bits per heavy atom. The Labute approximate surface area is 134 Å². The van der Waals surface area contributed by atoms with E-state index in [0.29, 0.717) is 12.3 Å². The summed E-state index contributed by atoms with van der Waals surface area (Å²) in [7, 11) is 0. The molecule has 4 rings (SSSR count). The quantitative estimate of drug-likeness (QED) is 0.926. The number of ether oxygens (including phenoxy) is 1. The van der Waals surface area contributed by atoms with Gasteiger partial charge in [-0.2, -0.15) is 0 Å². The first-order chi connectivity index (χ1) is 11.3. The molecule has 2 aliphatic rings. The van der Waals surface area contributed by atoms with Crippen LogP contribution in [0.25, 0.3) is 29.0 Å².